The molecule has 0 amide bonds. The standard InChI is InChI=1S/C57H62O34/c58-16-33-40(70)45(75)52(91-57-51(44(74)39(69)34(17-59)87-57)89-37(67)8-4-20-2-6-25(61)28(64)10-20)56(86-33)85-32-15-23-26(62)13-22(82-54-47(77)42(72)41(71)35(88-54)18-81-36(66)7-3-19-1-5-24(60)27(63)9-19)14-30(23)83-49(32)21-11-29(65)38(68)31(12-21)84-55-48(78)43(73)46(76)50(90-55)53(79)80/h1-15,33-35,39-52,54-65,68-78H,16-18H2,(H,79,80). The van der Waals surface area contributed by atoms with Gasteiger partial charge < -0.3 is 154 Å². The molecule has 21 unspecified atom stereocenters. The molecule has 9 rings (SSSR count). The lowest BCUT2D eigenvalue weighted by Gasteiger charge is -2.46. The molecule has 0 spiro atoms. The summed E-state index contributed by atoms with van der Waals surface area (Å²) in [5.41, 5.74) is -0.300. The molecule has 4 fully saturated rings. The van der Waals surface area contributed by atoms with Gasteiger partial charge in [-0.1, -0.05) is 12.1 Å². The van der Waals surface area contributed by atoms with Gasteiger partial charge in [-0.3, -0.25) is 0 Å². The summed E-state index contributed by atoms with van der Waals surface area (Å²) < 4.78 is 63.3. The zero-order valence-corrected chi connectivity index (χ0v) is 46.6. The Morgan fingerprint density at radius 2 is 1.04 bits per heavy atom. The van der Waals surface area contributed by atoms with Crippen molar-refractivity contribution in [1.82, 2.24) is 0 Å². The lowest BCUT2D eigenvalue weighted by molar-refractivity contribution is -0.364. The van der Waals surface area contributed by atoms with Crippen molar-refractivity contribution in [1.29, 1.82) is 0 Å². The average molecular weight is 1290 g/mol. The highest BCUT2D eigenvalue weighted by Crippen LogP contribution is 2.49. The number of hydrogen-bond acceptors (Lipinski definition) is 33. The van der Waals surface area contributed by atoms with Gasteiger partial charge in [-0.25, -0.2) is 14.4 Å². The Morgan fingerprint density at radius 1 is 0.495 bits per heavy atom. The fourth-order valence-electron chi connectivity index (χ4n) is 9.92. The van der Waals surface area contributed by atoms with Crippen LogP contribution in [-0.2, 0) is 52.3 Å². The molecule has 0 radical (unpaired) electrons. The van der Waals surface area contributed by atoms with Gasteiger partial charge in [0.1, 0.15) is 109 Å². The summed E-state index contributed by atoms with van der Waals surface area (Å²) in [4.78, 5) is 37.9. The second kappa shape index (κ2) is 28.0. The maximum Gasteiger partial charge on any atom is 0.335 e. The summed E-state index contributed by atoms with van der Waals surface area (Å²) in [6, 6.07) is 10.7. The number of carbonyl (C=O) groups is 3. The molecule has 4 aromatic rings. The third kappa shape index (κ3) is 14.5. The third-order valence-corrected chi connectivity index (χ3v) is 14.9. The predicted molar refractivity (Wildman–Crippen MR) is 291 cm³/mol. The average Bonchev–Trinajstić information content (AvgIpc) is 0.828. The van der Waals surface area contributed by atoms with Gasteiger partial charge in [-0.2, -0.15) is 0 Å². The molecule has 0 aromatic heterocycles. The van der Waals surface area contributed by atoms with Crippen molar-refractivity contribution >= 4 is 36.1 Å². The molecular weight excluding hydrogens is 1230 g/mol. The van der Waals surface area contributed by atoms with Crippen LogP contribution in [0.25, 0.3) is 18.2 Å². The van der Waals surface area contributed by atoms with Gasteiger partial charge in [-0.15, -0.1) is 0 Å². The minimum Gasteiger partial charge on any atom is -0.507 e. The number of benzene rings is 4. The normalized spacial score (nSPS) is 33.3. The van der Waals surface area contributed by atoms with E-state index in [1.165, 1.54) is 18.2 Å². The maximum absolute atomic E-state index is 13.3. The van der Waals surface area contributed by atoms with Crippen molar-refractivity contribution in [2.24, 2.45) is 0 Å². The Labute approximate surface area is 510 Å². The number of aliphatic hydroxyl groups excluding tert-OH is 12. The topological polar surface area (TPSA) is 557 Å². The van der Waals surface area contributed by atoms with Crippen molar-refractivity contribution in [2.75, 3.05) is 19.8 Å². The van der Waals surface area contributed by atoms with Crippen LogP contribution in [0.1, 0.15) is 28.4 Å². The van der Waals surface area contributed by atoms with Gasteiger partial charge in [0.2, 0.25) is 24.6 Å². The number of carboxylic acids is 1. The molecule has 34 nitrogen and oxygen atoms in total. The SMILES string of the molecule is O=C(C=Cc1ccc(O)c(O)c1)OCC1OC(Oc2cc(O)c3c(c2)OC(c2cc(O)c(O)c(OC4OC(C(=O)O)C(O)C(O)C4O)c2)C(OC2OC(CO)C(O)C(O)C2OC2OC(CO)C(O)C(O)C2OC(=O)C=Cc2ccc(O)c(O)c2)=C3)C(O)C(O)C1O. The van der Waals surface area contributed by atoms with Crippen molar-refractivity contribution in [3.8, 4) is 57.5 Å². The number of aliphatic hydroxyl groups is 12. The third-order valence-electron chi connectivity index (χ3n) is 14.9. The van der Waals surface area contributed by atoms with Crippen molar-refractivity contribution in [3.05, 3.63) is 101 Å². The molecule has 21 atom stereocenters. The van der Waals surface area contributed by atoms with Crippen LogP contribution in [0.3, 0.4) is 0 Å². The minimum atomic E-state index is -2.24. The van der Waals surface area contributed by atoms with Gasteiger partial charge in [0.25, 0.3) is 0 Å². The minimum absolute atomic E-state index is 0.156. The van der Waals surface area contributed by atoms with E-state index in [1.807, 2.05) is 0 Å². The number of aromatic hydroxyl groups is 7. The Bertz CT molecular complexity index is 3370. The summed E-state index contributed by atoms with van der Waals surface area (Å²) >= 11 is 0. The second-order valence-electron chi connectivity index (χ2n) is 21.1. The monoisotopic (exact) mass is 1290 g/mol. The number of esters is 2. The number of phenols is 7. The smallest absolute Gasteiger partial charge is 0.335 e. The quantitative estimate of drug-likeness (QED) is 0.0240. The first-order valence-corrected chi connectivity index (χ1v) is 27.3. The highest BCUT2D eigenvalue weighted by atomic mass is 16.8. The van der Waals surface area contributed by atoms with Gasteiger partial charge in [0, 0.05) is 29.8 Å². The molecule has 494 valence electrons. The van der Waals surface area contributed by atoms with Crippen LogP contribution < -0.4 is 14.2 Å². The van der Waals surface area contributed by atoms with Crippen LogP contribution in [0.5, 0.6) is 57.5 Å². The number of hydrogen-bond donors (Lipinski definition) is 20. The highest BCUT2D eigenvalue weighted by Gasteiger charge is 2.54. The molecule has 0 saturated carbocycles. The summed E-state index contributed by atoms with van der Waals surface area (Å²) in [7, 11) is 0. The molecule has 0 aliphatic carbocycles. The number of ether oxygens (including phenoxy) is 11. The lowest BCUT2D eigenvalue weighted by atomic mass is 9.96. The van der Waals surface area contributed by atoms with Crippen LogP contribution in [0, 0.1) is 0 Å². The molecule has 4 aromatic carbocycles. The molecule has 5 aliphatic heterocycles. The molecule has 5 aliphatic rings. The van der Waals surface area contributed by atoms with E-state index in [9.17, 15) is 117 Å². The first-order valence-electron chi connectivity index (χ1n) is 27.3. The first-order chi connectivity index (χ1) is 43.2. The van der Waals surface area contributed by atoms with E-state index in [0.717, 1.165) is 72.8 Å². The van der Waals surface area contributed by atoms with E-state index in [2.05, 4.69) is 0 Å². The Morgan fingerprint density at radius 3 is 1.64 bits per heavy atom. The van der Waals surface area contributed by atoms with Gasteiger partial charge >= 0.3 is 17.9 Å². The van der Waals surface area contributed by atoms with E-state index < -0.39 is 230 Å². The van der Waals surface area contributed by atoms with Crippen LogP contribution in [-0.4, -0.2) is 263 Å². The number of carboxylic acid groups (broad SMARTS) is 1. The fourth-order valence-corrected chi connectivity index (χ4v) is 9.92. The largest absolute Gasteiger partial charge is 0.507 e. The Kier molecular flexibility index (Phi) is 20.6. The Balaban J connectivity index is 1.05. The molecular formula is C57H62O34. The number of aliphatic carboxylic acids is 1. The Hall–Kier alpha value is -8.37. The van der Waals surface area contributed by atoms with Crippen LogP contribution in [0.4, 0.5) is 0 Å². The molecule has 34 heteroatoms. The van der Waals surface area contributed by atoms with Crippen LogP contribution in [0.15, 0.2) is 78.6 Å². The number of rotatable bonds is 19. The van der Waals surface area contributed by atoms with Crippen molar-refractivity contribution in [2.45, 2.75) is 129 Å². The fraction of sp³-hybridized carbons (Fsp3) is 0.421. The van der Waals surface area contributed by atoms with E-state index in [-0.39, 0.29) is 22.3 Å². The zero-order chi connectivity index (χ0) is 66.0. The predicted octanol–water partition coefficient (Wildman–Crippen LogP) is -4.28. The number of phenolic OH excluding ortho intramolecular Hbond substituents is 7. The van der Waals surface area contributed by atoms with E-state index in [1.54, 1.807) is 0 Å². The van der Waals surface area contributed by atoms with Crippen LogP contribution >= 0.6 is 0 Å². The highest BCUT2D eigenvalue weighted by molar-refractivity contribution is 5.88. The summed E-state index contributed by atoms with van der Waals surface area (Å²) in [5, 5.41) is 213. The molecule has 91 heavy (non-hydrogen) atoms. The molecule has 5 heterocycles. The van der Waals surface area contributed by atoms with Gasteiger partial charge in [-0.05, 0) is 65.8 Å². The lowest BCUT2D eigenvalue weighted by Crippen LogP contribution is -2.65. The summed E-state index contributed by atoms with van der Waals surface area (Å²) in [6.07, 6.45) is -38.1. The van der Waals surface area contributed by atoms with E-state index in [4.69, 9.17) is 52.1 Å². The van der Waals surface area contributed by atoms with E-state index in [0.29, 0.717) is 0 Å². The van der Waals surface area contributed by atoms with Crippen LogP contribution in [0.2, 0.25) is 0 Å². The summed E-state index contributed by atoms with van der Waals surface area (Å²) in [6.45, 7) is -2.84. The summed E-state index contributed by atoms with van der Waals surface area (Å²) in [5.74, 6) is -11.3. The molecule has 0 bridgehead atoms. The first kappa shape index (κ1) is 67.0. The molecule has 20 N–H and O–H groups in total. The zero-order valence-electron chi connectivity index (χ0n) is 46.6. The van der Waals surface area contributed by atoms with Crippen molar-refractivity contribution in [3.63, 3.8) is 0 Å². The molecule has 4 saturated heterocycles. The van der Waals surface area contributed by atoms with Gasteiger partial charge in [0.05, 0.1) is 18.8 Å². The maximum atomic E-state index is 13.3. The number of carbonyl (C=O) groups excluding carboxylic acids is 2. The van der Waals surface area contributed by atoms with E-state index >= 15 is 0 Å². The second-order valence-corrected chi connectivity index (χ2v) is 21.1. The number of fused-ring (bicyclic) bond motifs is 1. The van der Waals surface area contributed by atoms with Gasteiger partial charge in [0.15, 0.2) is 65.2 Å². The van der Waals surface area contributed by atoms with Crippen molar-refractivity contribution < 1.29 is 169 Å².